The van der Waals surface area contributed by atoms with Gasteiger partial charge in [0.2, 0.25) is 0 Å². The zero-order chi connectivity index (χ0) is 24.4. The van der Waals surface area contributed by atoms with Gasteiger partial charge < -0.3 is 0 Å². The molecule has 0 N–H and O–H groups in total. The van der Waals surface area contributed by atoms with Gasteiger partial charge in [-0.2, -0.15) is 0 Å². The molecule has 0 saturated heterocycles. The maximum Gasteiger partial charge on any atom is -0.0131 e. The van der Waals surface area contributed by atoms with Gasteiger partial charge in [-0.25, -0.2) is 0 Å². The fourth-order valence-electron chi connectivity index (χ4n) is 4.04. The second-order valence-electron chi connectivity index (χ2n) is 10.5. The SMILES string of the molecule is CCCCc1ccc(/C=C\c2cc(/C=C\c3ccc(CCCC)cc3)cc(C(C)(C)C)c2)cc1. The molecule has 3 rings (SSSR count). The minimum absolute atomic E-state index is 0.105. The highest BCUT2D eigenvalue weighted by Crippen LogP contribution is 2.26. The van der Waals surface area contributed by atoms with E-state index in [-0.39, 0.29) is 5.41 Å². The van der Waals surface area contributed by atoms with Crippen molar-refractivity contribution in [2.24, 2.45) is 0 Å². The lowest BCUT2D eigenvalue weighted by Crippen LogP contribution is -2.11. The number of hydrogen-bond donors (Lipinski definition) is 0. The third kappa shape index (κ3) is 8.17. The van der Waals surface area contributed by atoms with Crippen molar-refractivity contribution in [2.45, 2.75) is 78.6 Å². The van der Waals surface area contributed by atoms with Crippen molar-refractivity contribution in [2.75, 3.05) is 0 Å². The van der Waals surface area contributed by atoms with Gasteiger partial charge in [-0.05, 0) is 76.1 Å². The summed E-state index contributed by atoms with van der Waals surface area (Å²) in [6.45, 7) is 11.3. The second-order valence-corrected chi connectivity index (χ2v) is 10.5. The minimum atomic E-state index is 0.105. The zero-order valence-corrected chi connectivity index (χ0v) is 21.9. The average molecular weight is 451 g/mol. The van der Waals surface area contributed by atoms with Crippen LogP contribution >= 0.6 is 0 Å². The van der Waals surface area contributed by atoms with Crippen LogP contribution in [0.3, 0.4) is 0 Å². The van der Waals surface area contributed by atoms with Crippen LogP contribution in [0.1, 0.15) is 99.2 Å². The smallest absolute Gasteiger partial charge is 0.0131 e. The summed E-state index contributed by atoms with van der Waals surface area (Å²) < 4.78 is 0. The van der Waals surface area contributed by atoms with Crippen LogP contribution in [-0.2, 0) is 18.3 Å². The lowest BCUT2D eigenvalue weighted by molar-refractivity contribution is 0.590. The zero-order valence-electron chi connectivity index (χ0n) is 21.9. The first-order chi connectivity index (χ1) is 16.4. The van der Waals surface area contributed by atoms with E-state index in [1.54, 1.807) is 0 Å². The Morgan fingerprint density at radius 2 is 0.912 bits per heavy atom. The quantitative estimate of drug-likeness (QED) is 0.269. The summed E-state index contributed by atoms with van der Waals surface area (Å²) in [5.41, 5.74) is 9.32. The molecule has 0 amide bonds. The van der Waals surface area contributed by atoms with E-state index in [0.717, 1.165) is 0 Å². The third-order valence-electron chi connectivity index (χ3n) is 6.38. The molecule has 0 radical (unpaired) electrons. The van der Waals surface area contributed by atoms with Crippen LogP contribution in [0.4, 0.5) is 0 Å². The first-order valence-electron chi connectivity index (χ1n) is 13.1. The third-order valence-corrected chi connectivity index (χ3v) is 6.38. The molecule has 0 saturated carbocycles. The summed E-state index contributed by atoms with van der Waals surface area (Å²) in [7, 11) is 0. The van der Waals surface area contributed by atoms with Gasteiger partial charge >= 0.3 is 0 Å². The molecule has 0 atom stereocenters. The fraction of sp³-hybridized carbons (Fsp3) is 0.353. The number of benzene rings is 3. The molecule has 0 fully saturated rings. The molecule has 34 heavy (non-hydrogen) atoms. The number of unbranched alkanes of at least 4 members (excludes halogenated alkanes) is 2. The average Bonchev–Trinajstić information content (AvgIpc) is 2.84. The first-order valence-corrected chi connectivity index (χ1v) is 13.1. The topological polar surface area (TPSA) is 0 Å². The Bertz CT molecular complexity index is 991. The predicted octanol–water partition coefficient (Wildman–Crippen LogP) is 10.0. The molecule has 0 nitrogen and oxygen atoms in total. The molecule has 3 aromatic rings. The van der Waals surface area contributed by atoms with Gasteiger partial charge in [-0.15, -0.1) is 0 Å². The molecule has 0 unspecified atom stereocenters. The van der Waals surface area contributed by atoms with Gasteiger partial charge in [0.05, 0.1) is 0 Å². The summed E-state index contributed by atoms with van der Waals surface area (Å²) in [6.07, 6.45) is 16.3. The van der Waals surface area contributed by atoms with E-state index in [0.29, 0.717) is 0 Å². The molecule has 0 aliphatic carbocycles. The van der Waals surface area contributed by atoms with Crippen molar-refractivity contribution in [3.63, 3.8) is 0 Å². The lowest BCUT2D eigenvalue weighted by atomic mass is 9.85. The summed E-state index contributed by atoms with van der Waals surface area (Å²) >= 11 is 0. The van der Waals surface area contributed by atoms with Crippen LogP contribution in [0.5, 0.6) is 0 Å². The molecule has 0 aromatic heterocycles. The van der Waals surface area contributed by atoms with Crippen LogP contribution in [-0.4, -0.2) is 0 Å². The van der Waals surface area contributed by atoms with Crippen LogP contribution in [0.2, 0.25) is 0 Å². The summed E-state index contributed by atoms with van der Waals surface area (Å²) in [4.78, 5) is 0. The maximum absolute atomic E-state index is 2.33. The largest absolute Gasteiger partial charge is 0.0654 e. The van der Waals surface area contributed by atoms with Crippen molar-refractivity contribution in [3.05, 3.63) is 106 Å². The Kier molecular flexibility index (Phi) is 9.52. The second kappa shape index (κ2) is 12.6. The van der Waals surface area contributed by atoms with E-state index < -0.39 is 0 Å². The van der Waals surface area contributed by atoms with Crippen LogP contribution in [0, 0.1) is 0 Å². The first kappa shape index (κ1) is 25.8. The van der Waals surface area contributed by atoms with Gasteiger partial charge in [-0.1, -0.05) is 132 Å². The maximum atomic E-state index is 2.33. The normalized spacial score (nSPS) is 12.1. The fourth-order valence-corrected chi connectivity index (χ4v) is 4.04. The van der Waals surface area contributed by atoms with Gasteiger partial charge in [0.25, 0.3) is 0 Å². The lowest BCUT2D eigenvalue weighted by Gasteiger charge is -2.20. The van der Waals surface area contributed by atoms with E-state index in [1.807, 2.05) is 0 Å². The Hall–Kier alpha value is -2.86. The Balaban J connectivity index is 1.79. The predicted molar refractivity (Wildman–Crippen MR) is 153 cm³/mol. The van der Waals surface area contributed by atoms with Crippen LogP contribution in [0.15, 0.2) is 66.7 Å². The molecule has 3 aromatic carbocycles. The Labute approximate surface area is 208 Å². The minimum Gasteiger partial charge on any atom is -0.0654 e. The van der Waals surface area contributed by atoms with Crippen molar-refractivity contribution in [3.8, 4) is 0 Å². The van der Waals surface area contributed by atoms with E-state index in [2.05, 4.69) is 126 Å². The molecule has 0 bridgehead atoms. The van der Waals surface area contributed by atoms with Crippen molar-refractivity contribution < 1.29 is 0 Å². The highest BCUT2D eigenvalue weighted by molar-refractivity contribution is 5.75. The molecule has 0 aliphatic rings. The monoisotopic (exact) mass is 450 g/mol. The number of hydrogen-bond acceptors (Lipinski definition) is 0. The molecule has 0 heterocycles. The van der Waals surface area contributed by atoms with Crippen molar-refractivity contribution in [1.29, 1.82) is 0 Å². The Morgan fingerprint density at radius 3 is 1.26 bits per heavy atom. The van der Waals surface area contributed by atoms with E-state index >= 15 is 0 Å². The van der Waals surface area contributed by atoms with Gasteiger partial charge in [0.1, 0.15) is 0 Å². The summed E-state index contributed by atoms with van der Waals surface area (Å²) in [5, 5.41) is 0. The van der Waals surface area contributed by atoms with E-state index in [1.165, 1.54) is 77.5 Å². The molecular weight excluding hydrogens is 408 g/mol. The Morgan fingerprint density at radius 1 is 0.529 bits per heavy atom. The van der Waals surface area contributed by atoms with Gasteiger partial charge in [0, 0.05) is 0 Å². The highest BCUT2D eigenvalue weighted by atomic mass is 14.2. The van der Waals surface area contributed by atoms with Crippen molar-refractivity contribution in [1.82, 2.24) is 0 Å². The summed E-state index contributed by atoms with van der Waals surface area (Å²) in [5.74, 6) is 0. The molecule has 0 spiro atoms. The van der Waals surface area contributed by atoms with Gasteiger partial charge in [0.15, 0.2) is 0 Å². The number of rotatable bonds is 10. The summed E-state index contributed by atoms with van der Waals surface area (Å²) in [6, 6.07) is 24.9. The molecule has 0 heteroatoms. The molecular formula is C34H42. The highest BCUT2D eigenvalue weighted by Gasteiger charge is 2.14. The number of aryl methyl sites for hydroxylation is 2. The van der Waals surface area contributed by atoms with Gasteiger partial charge in [-0.3, -0.25) is 0 Å². The van der Waals surface area contributed by atoms with Crippen LogP contribution in [0.25, 0.3) is 24.3 Å². The standard InChI is InChI=1S/C34H42/c1-6-8-10-27-12-16-29(17-13-27)20-22-31-24-32(26-33(25-31)34(3,4)5)23-21-30-18-14-28(15-19-30)11-9-7-2/h12-26H,6-11H2,1-5H3/b22-20-,23-21-. The molecule has 178 valence electrons. The van der Waals surface area contributed by atoms with E-state index in [4.69, 9.17) is 0 Å². The molecule has 0 aliphatic heterocycles. The van der Waals surface area contributed by atoms with E-state index in [9.17, 15) is 0 Å². The van der Waals surface area contributed by atoms with Crippen LogP contribution < -0.4 is 0 Å². The van der Waals surface area contributed by atoms with Crippen molar-refractivity contribution >= 4 is 24.3 Å².